The average Bonchev–Trinajstić information content (AvgIpc) is 2.61. The number of amides is 2. The zero-order chi connectivity index (χ0) is 20.9. The summed E-state index contributed by atoms with van der Waals surface area (Å²) >= 11 is 0. The normalized spacial score (nSPS) is 27.2. The number of carbonyl (C=O) groups excluding carboxylic acids is 2. The van der Waals surface area contributed by atoms with Crippen LogP contribution in [-0.4, -0.2) is 23.9 Å². The van der Waals surface area contributed by atoms with Gasteiger partial charge in [0.25, 0.3) is 0 Å². The van der Waals surface area contributed by atoms with Gasteiger partial charge in [0.05, 0.1) is 11.5 Å². The van der Waals surface area contributed by atoms with Crippen molar-refractivity contribution in [3.05, 3.63) is 35.9 Å². The van der Waals surface area contributed by atoms with Crippen molar-refractivity contribution in [2.45, 2.75) is 71.9 Å². The summed E-state index contributed by atoms with van der Waals surface area (Å²) in [5, 5.41) is 3.09. The molecule has 5 N–H and O–H groups in total. The van der Waals surface area contributed by atoms with Crippen LogP contribution in [0.2, 0.25) is 0 Å². The first-order valence-electron chi connectivity index (χ1n) is 10.6. The van der Waals surface area contributed by atoms with Crippen molar-refractivity contribution < 1.29 is 9.59 Å². The standard InChI is InChI=1S/C23H37N3O2/c1-15(2)20-11-10-16(3)13-23(20,22(25)28)14-19(26-21(27)17(4)24)12-18-8-6-5-7-9-18/h5-9,15-17,19-20H,10-14,24H2,1-4H3,(H2,25,28)(H,26,27)/t16?,17-,19-,20?,23?/m0/s1. The van der Waals surface area contributed by atoms with Crippen molar-refractivity contribution in [2.24, 2.45) is 34.6 Å². The molecule has 5 heteroatoms. The van der Waals surface area contributed by atoms with E-state index in [2.05, 4.69) is 26.1 Å². The summed E-state index contributed by atoms with van der Waals surface area (Å²) in [7, 11) is 0. The molecule has 1 aromatic carbocycles. The van der Waals surface area contributed by atoms with Gasteiger partial charge in [-0.1, -0.05) is 57.5 Å². The molecule has 28 heavy (non-hydrogen) atoms. The maximum absolute atomic E-state index is 12.8. The molecular weight excluding hydrogens is 350 g/mol. The van der Waals surface area contributed by atoms with Gasteiger partial charge in [0.1, 0.15) is 0 Å². The number of hydrogen-bond donors (Lipinski definition) is 3. The Balaban J connectivity index is 2.35. The molecule has 5 nitrogen and oxygen atoms in total. The maximum Gasteiger partial charge on any atom is 0.236 e. The topological polar surface area (TPSA) is 98.2 Å². The highest BCUT2D eigenvalue weighted by Crippen LogP contribution is 2.50. The molecule has 0 spiro atoms. The lowest BCUT2D eigenvalue weighted by molar-refractivity contribution is -0.138. The molecule has 1 aliphatic carbocycles. The Morgan fingerprint density at radius 1 is 1.18 bits per heavy atom. The van der Waals surface area contributed by atoms with Gasteiger partial charge in [-0.05, 0) is 55.9 Å². The van der Waals surface area contributed by atoms with Crippen LogP contribution in [0, 0.1) is 23.2 Å². The van der Waals surface area contributed by atoms with E-state index < -0.39 is 11.5 Å². The Bertz CT molecular complexity index is 659. The molecular formula is C23H37N3O2. The van der Waals surface area contributed by atoms with E-state index in [0.29, 0.717) is 24.7 Å². The SMILES string of the molecule is CC1CCC(C(C)C)C(C[C@H](Cc2ccccc2)NC(=O)[C@H](C)N)(C(N)=O)C1. The zero-order valence-corrected chi connectivity index (χ0v) is 17.8. The first-order valence-corrected chi connectivity index (χ1v) is 10.6. The van der Waals surface area contributed by atoms with Crippen LogP contribution in [0.5, 0.6) is 0 Å². The van der Waals surface area contributed by atoms with Crippen LogP contribution in [0.4, 0.5) is 0 Å². The number of nitrogens with one attached hydrogen (secondary N) is 1. The quantitative estimate of drug-likeness (QED) is 0.639. The molecule has 1 fully saturated rings. The van der Waals surface area contributed by atoms with Crippen molar-refractivity contribution in [1.29, 1.82) is 0 Å². The molecule has 1 saturated carbocycles. The summed E-state index contributed by atoms with van der Waals surface area (Å²) in [5.74, 6) is 0.619. The fourth-order valence-corrected chi connectivity index (χ4v) is 5.05. The third kappa shape index (κ3) is 5.34. The molecule has 2 rings (SSSR count). The lowest BCUT2D eigenvalue weighted by Crippen LogP contribution is -2.54. The minimum Gasteiger partial charge on any atom is -0.369 e. The van der Waals surface area contributed by atoms with Crippen LogP contribution >= 0.6 is 0 Å². The van der Waals surface area contributed by atoms with Crippen LogP contribution in [0.1, 0.15) is 58.9 Å². The highest BCUT2D eigenvalue weighted by molar-refractivity contribution is 5.83. The number of primary amides is 1. The van der Waals surface area contributed by atoms with E-state index in [-0.39, 0.29) is 23.8 Å². The number of carbonyl (C=O) groups is 2. The molecule has 3 unspecified atom stereocenters. The molecule has 0 aromatic heterocycles. The van der Waals surface area contributed by atoms with Crippen LogP contribution in [0.15, 0.2) is 30.3 Å². The fourth-order valence-electron chi connectivity index (χ4n) is 5.05. The third-order valence-electron chi connectivity index (χ3n) is 6.38. The van der Waals surface area contributed by atoms with Crippen molar-refractivity contribution >= 4 is 11.8 Å². The molecule has 0 radical (unpaired) electrons. The van der Waals surface area contributed by atoms with E-state index in [9.17, 15) is 9.59 Å². The molecule has 0 bridgehead atoms. The van der Waals surface area contributed by atoms with Gasteiger partial charge in [-0.15, -0.1) is 0 Å². The Labute approximate surface area is 169 Å². The van der Waals surface area contributed by atoms with E-state index >= 15 is 0 Å². The number of hydrogen-bond acceptors (Lipinski definition) is 3. The molecule has 2 amide bonds. The molecule has 0 heterocycles. The number of nitrogens with two attached hydrogens (primary N) is 2. The first-order chi connectivity index (χ1) is 13.2. The summed E-state index contributed by atoms with van der Waals surface area (Å²) in [5.41, 5.74) is 12.4. The van der Waals surface area contributed by atoms with Crippen LogP contribution in [0.3, 0.4) is 0 Å². The van der Waals surface area contributed by atoms with Crippen molar-refractivity contribution in [3.8, 4) is 0 Å². The Kier molecular flexibility index (Phi) is 7.64. The van der Waals surface area contributed by atoms with Gasteiger partial charge in [-0.2, -0.15) is 0 Å². The smallest absolute Gasteiger partial charge is 0.236 e. The number of benzene rings is 1. The highest BCUT2D eigenvalue weighted by atomic mass is 16.2. The van der Waals surface area contributed by atoms with Crippen molar-refractivity contribution in [3.63, 3.8) is 0 Å². The first kappa shape index (κ1) is 22.4. The maximum atomic E-state index is 12.8. The average molecular weight is 388 g/mol. The molecule has 5 atom stereocenters. The van der Waals surface area contributed by atoms with Crippen molar-refractivity contribution in [1.82, 2.24) is 5.32 Å². The summed E-state index contributed by atoms with van der Waals surface area (Å²) in [6.07, 6.45) is 4.12. The zero-order valence-electron chi connectivity index (χ0n) is 17.8. The summed E-state index contributed by atoms with van der Waals surface area (Å²) in [4.78, 5) is 25.2. The molecule has 0 aliphatic heterocycles. The van der Waals surface area contributed by atoms with Crippen LogP contribution < -0.4 is 16.8 Å². The van der Waals surface area contributed by atoms with Gasteiger partial charge in [0, 0.05) is 6.04 Å². The van der Waals surface area contributed by atoms with E-state index in [1.54, 1.807) is 6.92 Å². The summed E-state index contributed by atoms with van der Waals surface area (Å²) in [6.45, 7) is 8.22. The molecule has 1 aliphatic rings. The summed E-state index contributed by atoms with van der Waals surface area (Å²) < 4.78 is 0. The van der Waals surface area contributed by atoms with Gasteiger partial charge in [0.2, 0.25) is 11.8 Å². The number of rotatable bonds is 8. The predicted molar refractivity (Wildman–Crippen MR) is 113 cm³/mol. The van der Waals surface area contributed by atoms with E-state index in [0.717, 1.165) is 24.8 Å². The predicted octanol–water partition coefficient (Wildman–Crippen LogP) is 3.02. The summed E-state index contributed by atoms with van der Waals surface area (Å²) in [6, 6.07) is 9.28. The second kappa shape index (κ2) is 9.55. The highest BCUT2D eigenvalue weighted by Gasteiger charge is 2.49. The Hall–Kier alpha value is -1.88. The largest absolute Gasteiger partial charge is 0.369 e. The van der Waals surface area contributed by atoms with Crippen LogP contribution in [0.25, 0.3) is 0 Å². The monoisotopic (exact) mass is 387 g/mol. The van der Waals surface area contributed by atoms with Gasteiger partial charge >= 0.3 is 0 Å². The lowest BCUT2D eigenvalue weighted by atomic mass is 9.57. The third-order valence-corrected chi connectivity index (χ3v) is 6.38. The molecule has 0 saturated heterocycles. The van der Waals surface area contributed by atoms with Crippen molar-refractivity contribution in [2.75, 3.05) is 0 Å². The van der Waals surface area contributed by atoms with Crippen LogP contribution in [-0.2, 0) is 16.0 Å². The second-order valence-electron chi connectivity index (χ2n) is 9.15. The lowest BCUT2D eigenvalue weighted by Gasteiger charge is -2.48. The molecule has 1 aromatic rings. The second-order valence-corrected chi connectivity index (χ2v) is 9.15. The molecule has 156 valence electrons. The van der Waals surface area contributed by atoms with E-state index in [1.807, 2.05) is 30.3 Å². The fraction of sp³-hybridized carbons (Fsp3) is 0.652. The van der Waals surface area contributed by atoms with E-state index in [4.69, 9.17) is 11.5 Å². The van der Waals surface area contributed by atoms with Gasteiger partial charge < -0.3 is 16.8 Å². The van der Waals surface area contributed by atoms with E-state index in [1.165, 1.54) is 0 Å². The minimum absolute atomic E-state index is 0.181. The van der Waals surface area contributed by atoms with Gasteiger partial charge in [-0.25, -0.2) is 0 Å². The Morgan fingerprint density at radius 2 is 1.82 bits per heavy atom. The minimum atomic E-state index is -0.601. The Morgan fingerprint density at radius 3 is 2.36 bits per heavy atom. The van der Waals surface area contributed by atoms with Gasteiger partial charge in [0.15, 0.2) is 0 Å². The van der Waals surface area contributed by atoms with Gasteiger partial charge in [-0.3, -0.25) is 9.59 Å².